The predicted octanol–water partition coefficient (Wildman–Crippen LogP) is 1.68. The van der Waals surface area contributed by atoms with Crippen molar-refractivity contribution in [2.24, 2.45) is 0 Å². The van der Waals surface area contributed by atoms with Crippen LogP contribution in [0.15, 0.2) is 18.2 Å². The summed E-state index contributed by atoms with van der Waals surface area (Å²) in [6.07, 6.45) is 6.22. The van der Waals surface area contributed by atoms with E-state index in [1.165, 1.54) is 21.7 Å². The molecule has 1 atom stereocenters. The molecule has 1 fully saturated rings. The van der Waals surface area contributed by atoms with Crippen LogP contribution in [0.2, 0.25) is 0 Å². The van der Waals surface area contributed by atoms with E-state index in [1.807, 2.05) is 18.2 Å². The maximum atomic E-state index is 12.4. The topological polar surface area (TPSA) is 83.6 Å². The van der Waals surface area contributed by atoms with Gasteiger partial charge in [-0.1, -0.05) is 12.1 Å². The molecule has 7 heteroatoms. The third-order valence-corrected chi connectivity index (χ3v) is 6.49. The first-order valence-electron chi connectivity index (χ1n) is 9.22. The largest absolute Gasteiger partial charge is 0.352 e. The number of ketones is 1. The third kappa shape index (κ3) is 4.71. The quantitative estimate of drug-likeness (QED) is 0.764. The number of rotatable bonds is 6. The van der Waals surface area contributed by atoms with Crippen molar-refractivity contribution in [3.63, 3.8) is 0 Å². The van der Waals surface area contributed by atoms with Crippen molar-refractivity contribution in [1.82, 2.24) is 9.62 Å². The molecule has 0 saturated carbocycles. The first-order valence-corrected chi connectivity index (χ1v) is 11.1. The minimum atomic E-state index is -3.23. The molecule has 142 valence electrons. The summed E-state index contributed by atoms with van der Waals surface area (Å²) < 4.78 is 24.7. The molecule has 1 amide bonds. The minimum absolute atomic E-state index is 0.0174. The van der Waals surface area contributed by atoms with Crippen molar-refractivity contribution < 1.29 is 18.0 Å². The van der Waals surface area contributed by atoms with Gasteiger partial charge in [-0.2, -0.15) is 0 Å². The summed E-state index contributed by atoms with van der Waals surface area (Å²) in [5.74, 6) is -0.212. The zero-order valence-electron chi connectivity index (χ0n) is 15.2. The van der Waals surface area contributed by atoms with Crippen LogP contribution < -0.4 is 5.32 Å². The molecule has 1 aromatic carbocycles. The number of Topliss-reactive ketones (excluding diaryl/α,β-unsaturated/α-hetero) is 1. The summed E-state index contributed by atoms with van der Waals surface area (Å²) in [5.41, 5.74) is 3.26. The maximum absolute atomic E-state index is 12.4. The van der Waals surface area contributed by atoms with E-state index in [0.717, 1.165) is 32.1 Å². The average molecular weight is 378 g/mol. The molecule has 1 aliphatic carbocycles. The predicted molar refractivity (Wildman–Crippen MR) is 99.6 cm³/mol. The summed E-state index contributed by atoms with van der Waals surface area (Å²) in [4.78, 5) is 24.5. The Hall–Kier alpha value is -1.73. The molecule has 2 aliphatic rings. The number of carbonyl (C=O) groups is 2. The molecule has 0 aromatic heterocycles. The zero-order valence-corrected chi connectivity index (χ0v) is 16.0. The van der Waals surface area contributed by atoms with Crippen LogP contribution in [0.4, 0.5) is 0 Å². The smallest absolute Gasteiger partial charge is 0.220 e. The highest BCUT2D eigenvalue weighted by molar-refractivity contribution is 7.88. The van der Waals surface area contributed by atoms with Crippen molar-refractivity contribution in [3.8, 4) is 0 Å². The fraction of sp³-hybridized carbons (Fsp3) is 0.579. The maximum Gasteiger partial charge on any atom is 0.220 e. The zero-order chi connectivity index (χ0) is 18.7. The van der Waals surface area contributed by atoms with Gasteiger partial charge in [0.25, 0.3) is 0 Å². The Labute approximate surface area is 155 Å². The number of hydrogen-bond donors (Lipinski definition) is 1. The Morgan fingerprint density at radius 2 is 1.92 bits per heavy atom. The second-order valence-corrected chi connectivity index (χ2v) is 9.27. The van der Waals surface area contributed by atoms with Crippen LogP contribution >= 0.6 is 0 Å². The van der Waals surface area contributed by atoms with Crippen LogP contribution in [0.5, 0.6) is 0 Å². The fourth-order valence-corrected chi connectivity index (χ4v) is 4.69. The lowest BCUT2D eigenvalue weighted by Crippen LogP contribution is -2.49. The SMILES string of the molecule is CS(=O)(=O)N1CCCC(NC(=O)CCC(=O)c2ccc3c(c2)CCC3)C1. The van der Waals surface area contributed by atoms with Gasteiger partial charge in [-0.3, -0.25) is 9.59 Å². The van der Waals surface area contributed by atoms with Gasteiger partial charge in [0.05, 0.1) is 6.26 Å². The molecule has 6 nitrogen and oxygen atoms in total. The van der Waals surface area contributed by atoms with Gasteiger partial charge in [0.2, 0.25) is 15.9 Å². The molecular weight excluding hydrogens is 352 g/mol. The van der Waals surface area contributed by atoms with Crippen LogP contribution in [0.1, 0.15) is 53.6 Å². The fourth-order valence-electron chi connectivity index (χ4n) is 3.78. The standard InChI is InChI=1S/C19H26N2O4S/c1-26(24,25)21-11-3-6-17(13-21)20-19(23)10-9-18(22)16-8-7-14-4-2-5-15(14)12-16/h7-8,12,17H,2-6,9-11,13H2,1H3,(H,20,23). The molecule has 0 spiro atoms. The molecule has 3 rings (SSSR count). The number of sulfonamides is 1. The molecule has 1 unspecified atom stereocenters. The van der Waals surface area contributed by atoms with Gasteiger partial charge in [0.1, 0.15) is 0 Å². The van der Waals surface area contributed by atoms with Crippen molar-refractivity contribution in [2.45, 2.75) is 51.0 Å². The van der Waals surface area contributed by atoms with E-state index in [2.05, 4.69) is 5.32 Å². The van der Waals surface area contributed by atoms with Crippen LogP contribution in [-0.2, 0) is 27.7 Å². The van der Waals surface area contributed by atoms with Crippen LogP contribution in [0.25, 0.3) is 0 Å². The number of piperidine rings is 1. The molecule has 1 N–H and O–H groups in total. The van der Waals surface area contributed by atoms with E-state index in [1.54, 1.807) is 0 Å². The van der Waals surface area contributed by atoms with E-state index in [9.17, 15) is 18.0 Å². The monoisotopic (exact) mass is 378 g/mol. The molecule has 1 heterocycles. The Morgan fingerprint density at radius 1 is 1.15 bits per heavy atom. The van der Waals surface area contributed by atoms with Gasteiger partial charge in [-0.25, -0.2) is 12.7 Å². The Balaban J connectivity index is 1.48. The Kier molecular flexibility index (Phi) is 5.77. The van der Waals surface area contributed by atoms with Crippen molar-refractivity contribution in [3.05, 3.63) is 34.9 Å². The number of nitrogens with zero attached hydrogens (tertiary/aromatic N) is 1. The van der Waals surface area contributed by atoms with Gasteiger partial charge >= 0.3 is 0 Å². The van der Waals surface area contributed by atoms with Crippen molar-refractivity contribution in [1.29, 1.82) is 0 Å². The molecule has 1 aliphatic heterocycles. The second-order valence-electron chi connectivity index (χ2n) is 7.29. The normalized spacial score (nSPS) is 20.6. The van der Waals surface area contributed by atoms with E-state index in [0.29, 0.717) is 18.7 Å². The number of amides is 1. The number of nitrogens with one attached hydrogen (secondary N) is 1. The first-order chi connectivity index (χ1) is 12.3. The lowest BCUT2D eigenvalue weighted by Gasteiger charge is -2.31. The van der Waals surface area contributed by atoms with Crippen molar-refractivity contribution >= 4 is 21.7 Å². The van der Waals surface area contributed by atoms with Gasteiger partial charge in [0, 0.05) is 37.5 Å². The van der Waals surface area contributed by atoms with Gasteiger partial charge in [-0.05, 0) is 49.3 Å². The highest BCUT2D eigenvalue weighted by Gasteiger charge is 2.26. The summed E-state index contributed by atoms with van der Waals surface area (Å²) in [6.45, 7) is 0.811. The number of fused-ring (bicyclic) bond motifs is 1. The lowest BCUT2D eigenvalue weighted by atomic mass is 10.0. The van der Waals surface area contributed by atoms with Crippen molar-refractivity contribution in [2.75, 3.05) is 19.3 Å². The van der Waals surface area contributed by atoms with E-state index in [-0.39, 0.29) is 30.6 Å². The highest BCUT2D eigenvalue weighted by Crippen LogP contribution is 2.23. The van der Waals surface area contributed by atoms with E-state index in [4.69, 9.17) is 0 Å². The third-order valence-electron chi connectivity index (χ3n) is 5.22. The van der Waals surface area contributed by atoms with Crippen LogP contribution in [-0.4, -0.2) is 49.8 Å². The summed E-state index contributed by atoms with van der Waals surface area (Å²) in [5, 5.41) is 2.87. The van der Waals surface area contributed by atoms with Gasteiger partial charge in [0.15, 0.2) is 5.78 Å². The van der Waals surface area contributed by atoms with Gasteiger partial charge < -0.3 is 5.32 Å². The van der Waals surface area contributed by atoms with Crippen LogP contribution in [0.3, 0.4) is 0 Å². The summed E-state index contributed by atoms with van der Waals surface area (Å²) in [7, 11) is -3.23. The summed E-state index contributed by atoms with van der Waals surface area (Å²) >= 11 is 0. The Bertz CT molecular complexity index is 804. The molecule has 0 radical (unpaired) electrons. The molecule has 26 heavy (non-hydrogen) atoms. The average Bonchev–Trinajstić information content (AvgIpc) is 3.07. The number of hydrogen-bond acceptors (Lipinski definition) is 4. The second kappa shape index (κ2) is 7.88. The highest BCUT2D eigenvalue weighted by atomic mass is 32.2. The summed E-state index contributed by atoms with van der Waals surface area (Å²) in [6, 6.07) is 5.67. The minimum Gasteiger partial charge on any atom is -0.352 e. The van der Waals surface area contributed by atoms with Gasteiger partial charge in [-0.15, -0.1) is 0 Å². The number of benzene rings is 1. The van der Waals surface area contributed by atoms with Crippen LogP contribution in [0, 0.1) is 0 Å². The lowest BCUT2D eigenvalue weighted by molar-refractivity contribution is -0.122. The molecule has 0 bridgehead atoms. The first kappa shape index (κ1) is 19.0. The number of carbonyl (C=O) groups excluding carboxylic acids is 2. The Morgan fingerprint density at radius 3 is 2.69 bits per heavy atom. The number of aryl methyl sites for hydroxylation is 2. The van der Waals surface area contributed by atoms with E-state index < -0.39 is 10.0 Å². The molecular formula is C19H26N2O4S. The molecule has 1 aromatic rings. The van der Waals surface area contributed by atoms with E-state index >= 15 is 0 Å². The molecule has 1 saturated heterocycles.